The maximum atomic E-state index is 11.0. The van der Waals surface area contributed by atoms with Crippen molar-refractivity contribution in [1.82, 2.24) is 15.0 Å². The summed E-state index contributed by atoms with van der Waals surface area (Å²) in [6.45, 7) is 4.54. The van der Waals surface area contributed by atoms with Crippen molar-refractivity contribution >= 4 is 17.0 Å². The van der Waals surface area contributed by atoms with Crippen molar-refractivity contribution in [1.29, 1.82) is 0 Å². The Balaban J connectivity index is 1.94. The van der Waals surface area contributed by atoms with Crippen molar-refractivity contribution < 1.29 is 9.90 Å². The van der Waals surface area contributed by atoms with Crippen LogP contribution in [0, 0.1) is 13.8 Å². The second-order valence-corrected chi connectivity index (χ2v) is 5.16. The number of hydrogen-bond acceptors (Lipinski definition) is 3. The molecule has 106 valence electrons. The Labute approximate surface area is 121 Å². The first-order chi connectivity index (χ1) is 10.0. The van der Waals surface area contributed by atoms with Gasteiger partial charge in [0.1, 0.15) is 11.0 Å². The fourth-order valence-electron chi connectivity index (χ4n) is 2.25. The van der Waals surface area contributed by atoms with Crippen LogP contribution in [-0.4, -0.2) is 26.1 Å². The van der Waals surface area contributed by atoms with Crippen LogP contribution < -0.4 is 0 Å². The number of carboxylic acid groups (broad SMARTS) is 1. The van der Waals surface area contributed by atoms with Gasteiger partial charge in [0.2, 0.25) is 0 Å². The van der Waals surface area contributed by atoms with Crippen LogP contribution in [0.15, 0.2) is 36.4 Å². The van der Waals surface area contributed by atoms with Crippen molar-refractivity contribution in [3.8, 4) is 0 Å². The molecule has 0 spiro atoms. The normalized spacial score (nSPS) is 11.0. The summed E-state index contributed by atoms with van der Waals surface area (Å²) in [4.78, 5) is 12.6. The van der Waals surface area contributed by atoms with Gasteiger partial charge in [0.25, 0.3) is 0 Å². The molecule has 2 aromatic carbocycles. The van der Waals surface area contributed by atoms with Gasteiger partial charge in [-0.05, 0) is 54.8 Å². The first kappa shape index (κ1) is 13.3. The molecule has 0 radical (unpaired) electrons. The number of aromatic carboxylic acids is 1. The number of fused-ring (bicyclic) bond motifs is 1. The van der Waals surface area contributed by atoms with Gasteiger partial charge in [-0.15, -0.1) is 0 Å². The molecule has 0 aliphatic carbocycles. The van der Waals surface area contributed by atoms with Crippen molar-refractivity contribution in [2.45, 2.75) is 20.4 Å². The Morgan fingerprint density at radius 2 is 1.71 bits per heavy atom. The molecule has 0 unspecified atom stereocenters. The van der Waals surface area contributed by atoms with Gasteiger partial charge in [-0.25, -0.2) is 4.79 Å². The van der Waals surface area contributed by atoms with Gasteiger partial charge in [-0.1, -0.05) is 12.1 Å². The molecule has 1 aromatic heterocycles. The SMILES string of the molecule is Cc1cc2nn(Cc3cccc(C(=O)O)c3)nc2cc1C. The number of carbonyl (C=O) groups is 1. The Morgan fingerprint density at radius 1 is 1.10 bits per heavy atom. The molecule has 5 nitrogen and oxygen atoms in total. The Bertz CT molecular complexity index is 798. The zero-order valence-corrected chi connectivity index (χ0v) is 11.9. The first-order valence-corrected chi connectivity index (χ1v) is 6.67. The van der Waals surface area contributed by atoms with Crippen molar-refractivity contribution in [2.75, 3.05) is 0 Å². The lowest BCUT2D eigenvalue weighted by molar-refractivity contribution is 0.0696. The van der Waals surface area contributed by atoms with Gasteiger partial charge in [0.15, 0.2) is 0 Å². The summed E-state index contributed by atoms with van der Waals surface area (Å²) in [5, 5.41) is 17.9. The van der Waals surface area contributed by atoms with Crippen LogP contribution in [0.2, 0.25) is 0 Å². The highest BCUT2D eigenvalue weighted by Crippen LogP contribution is 2.16. The highest BCUT2D eigenvalue weighted by molar-refractivity contribution is 5.87. The van der Waals surface area contributed by atoms with Gasteiger partial charge >= 0.3 is 5.97 Å². The fraction of sp³-hybridized carbons (Fsp3) is 0.188. The molecule has 3 aromatic rings. The molecular formula is C16H15N3O2. The second-order valence-electron chi connectivity index (χ2n) is 5.16. The van der Waals surface area contributed by atoms with Crippen LogP contribution >= 0.6 is 0 Å². The number of rotatable bonds is 3. The largest absolute Gasteiger partial charge is 0.478 e. The molecule has 3 rings (SSSR count). The number of aryl methyl sites for hydroxylation is 2. The topological polar surface area (TPSA) is 68.0 Å². The van der Waals surface area contributed by atoms with Crippen LogP contribution in [0.1, 0.15) is 27.0 Å². The lowest BCUT2D eigenvalue weighted by atomic mass is 10.1. The zero-order valence-electron chi connectivity index (χ0n) is 11.9. The standard InChI is InChI=1S/C16H15N3O2/c1-10-6-14-15(7-11(10)2)18-19(17-14)9-12-4-3-5-13(8-12)16(20)21/h3-8H,9H2,1-2H3,(H,20,21). The average Bonchev–Trinajstić information content (AvgIpc) is 2.80. The van der Waals surface area contributed by atoms with Crippen molar-refractivity contribution in [3.05, 3.63) is 58.7 Å². The first-order valence-electron chi connectivity index (χ1n) is 6.67. The average molecular weight is 281 g/mol. The molecular weight excluding hydrogens is 266 g/mol. The number of carboxylic acids is 1. The third kappa shape index (κ3) is 2.63. The van der Waals surface area contributed by atoms with Gasteiger partial charge in [-0.3, -0.25) is 0 Å². The third-order valence-corrected chi connectivity index (χ3v) is 3.54. The van der Waals surface area contributed by atoms with E-state index in [2.05, 4.69) is 10.2 Å². The van der Waals surface area contributed by atoms with E-state index in [0.717, 1.165) is 16.6 Å². The van der Waals surface area contributed by atoms with Gasteiger partial charge in [0.05, 0.1) is 12.1 Å². The Morgan fingerprint density at radius 3 is 2.29 bits per heavy atom. The predicted molar refractivity (Wildman–Crippen MR) is 79.5 cm³/mol. The molecule has 0 aliphatic heterocycles. The monoisotopic (exact) mass is 281 g/mol. The Kier molecular flexibility index (Phi) is 3.17. The summed E-state index contributed by atoms with van der Waals surface area (Å²) in [6, 6.07) is 10.9. The second kappa shape index (κ2) is 5.01. The predicted octanol–water partition coefficient (Wildman–Crippen LogP) is 2.79. The minimum atomic E-state index is -0.929. The van der Waals surface area contributed by atoms with E-state index < -0.39 is 5.97 Å². The molecule has 0 saturated carbocycles. The maximum Gasteiger partial charge on any atom is 0.335 e. The lowest BCUT2D eigenvalue weighted by Crippen LogP contribution is -2.05. The van der Waals surface area contributed by atoms with E-state index in [0.29, 0.717) is 6.54 Å². The highest BCUT2D eigenvalue weighted by atomic mass is 16.4. The summed E-state index contributed by atoms with van der Waals surface area (Å²) in [6.07, 6.45) is 0. The van der Waals surface area contributed by atoms with Gasteiger partial charge < -0.3 is 5.11 Å². The summed E-state index contributed by atoms with van der Waals surface area (Å²) >= 11 is 0. The lowest BCUT2D eigenvalue weighted by Gasteiger charge is -2.01. The molecule has 0 bridgehead atoms. The van der Waals surface area contributed by atoms with Crippen LogP contribution in [0.3, 0.4) is 0 Å². The van der Waals surface area contributed by atoms with Crippen LogP contribution in [0.25, 0.3) is 11.0 Å². The minimum Gasteiger partial charge on any atom is -0.478 e. The summed E-state index contributed by atoms with van der Waals surface area (Å²) in [7, 11) is 0. The van der Waals surface area contributed by atoms with Crippen LogP contribution in [0.5, 0.6) is 0 Å². The van der Waals surface area contributed by atoms with E-state index in [9.17, 15) is 4.79 Å². The molecule has 0 amide bonds. The summed E-state index contributed by atoms with van der Waals surface area (Å²) in [5.74, 6) is -0.929. The maximum absolute atomic E-state index is 11.0. The van der Waals surface area contributed by atoms with E-state index in [4.69, 9.17) is 5.11 Å². The number of aromatic nitrogens is 3. The van der Waals surface area contributed by atoms with Crippen LogP contribution in [-0.2, 0) is 6.54 Å². The smallest absolute Gasteiger partial charge is 0.335 e. The van der Waals surface area contributed by atoms with Crippen molar-refractivity contribution in [3.63, 3.8) is 0 Å². The molecule has 0 fully saturated rings. The fourth-order valence-corrected chi connectivity index (χ4v) is 2.25. The number of benzene rings is 2. The van der Waals surface area contributed by atoms with E-state index in [1.165, 1.54) is 11.1 Å². The molecule has 1 N–H and O–H groups in total. The van der Waals surface area contributed by atoms with Gasteiger partial charge in [0, 0.05) is 0 Å². The molecule has 0 atom stereocenters. The molecule has 5 heteroatoms. The molecule has 21 heavy (non-hydrogen) atoms. The van der Waals surface area contributed by atoms with E-state index in [1.807, 2.05) is 32.0 Å². The quantitative estimate of drug-likeness (QED) is 0.801. The molecule has 0 aliphatic rings. The van der Waals surface area contributed by atoms with E-state index in [1.54, 1.807) is 23.0 Å². The third-order valence-electron chi connectivity index (χ3n) is 3.54. The summed E-state index contributed by atoms with van der Waals surface area (Å²) < 4.78 is 0. The van der Waals surface area contributed by atoms with E-state index >= 15 is 0 Å². The molecule has 1 heterocycles. The number of nitrogens with zero attached hydrogens (tertiary/aromatic N) is 3. The number of hydrogen-bond donors (Lipinski definition) is 1. The molecule has 0 saturated heterocycles. The van der Waals surface area contributed by atoms with Gasteiger partial charge in [-0.2, -0.15) is 15.0 Å². The highest BCUT2D eigenvalue weighted by Gasteiger charge is 2.07. The Hall–Kier alpha value is -2.69. The zero-order chi connectivity index (χ0) is 15.0. The van der Waals surface area contributed by atoms with Crippen LogP contribution in [0.4, 0.5) is 0 Å². The minimum absolute atomic E-state index is 0.274. The summed E-state index contributed by atoms with van der Waals surface area (Å²) in [5.41, 5.74) is 5.21. The van der Waals surface area contributed by atoms with Crippen molar-refractivity contribution in [2.24, 2.45) is 0 Å². The van der Waals surface area contributed by atoms with E-state index in [-0.39, 0.29) is 5.56 Å².